The lowest BCUT2D eigenvalue weighted by atomic mass is 9.91. The highest BCUT2D eigenvalue weighted by Gasteiger charge is 2.58. The average Bonchev–Trinajstić information content (AvgIpc) is 3.14. The molecule has 4 rings (SSSR count). The van der Waals surface area contributed by atoms with E-state index < -0.39 is 29.6 Å². The van der Waals surface area contributed by atoms with E-state index in [0.717, 1.165) is 22.6 Å². The van der Waals surface area contributed by atoms with Crippen LogP contribution in [0.25, 0.3) is 20.5 Å². The molecule has 3 N–H and O–H groups in total. The summed E-state index contributed by atoms with van der Waals surface area (Å²) < 4.78 is 45.4. The third-order valence-electron chi connectivity index (χ3n) is 4.34. The number of pyridine rings is 1. The van der Waals surface area contributed by atoms with Crippen LogP contribution in [0.4, 0.5) is 13.2 Å². The number of rotatable bonds is 1. The monoisotopic (exact) mass is 371 g/mol. The van der Waals surface area contributed by atoms with E-state index in [2.05, 4.69) is 15.2 Å². The van der Waals surface area contributed by atoms with Crippen LogP contribution in [0, 0.1) is 6.92 Å². The van der Waals surface area contributed by atoms with Crippen molar-refractivity contribution in [3.05, 3.63) is 39.6 Å². The molecule has 25 heavy (non-hydrogen) atoms. The number of aliphatic hydroxyl groups is 1. The van der Waals surface area contributed by atoms with Gasteiger partial charge >= 0.3 is 6.18 Å². The predicted octanol–water partition coefficient (Wildman–Crippen LogP) is 2.57. The fourth-order valence-corrected chi connectivity index (χ4v) is 4.14. The van der Waals surface area contributed by atoms with Crippen molar-refractivity contribution in [2.24, 2.45) is 0 Å². The second kappa shape index (κ2) is 5.16. The topological polar surface area (TPSA) is 91.0 Å². The number of H-pyrrole nitrogens is 2. The zero-order valence-corrected chi connectivity index (χ0v) is 13.6. The maximum atomic E-state index is 13.4. The Kier molecular flexibility index (Phi) is 3.37. The molecule has 3 aromatic rings. The minimum Gasteiger partial charge on any atom is -0.373 e. The Morgan fingerprint density at radius 2 is 2.20 bits per heavy atom. The van der Waals surface area contributed by atoms with Gasteiger partial charge in [0.05, 0.1) is 25.1 Å². The van der Waals surface area contributed by atoms with Crippen LogP contribution in [0.5, 0.6) is 0 Å². The minimum absolute atomic E-state index is 0.123. The maximum absolute atomic E-state index is 13.4. The molecule has 0 spiro atoms. The normalized spacial score (nSPS) is 20.8. The standard InChI is InChI=1S/C15H12F3N3O3S/c1-6-8(3-19-21-6)10-2-7-9-4-24-5-14(23,15(16,17)18)12(9)20-13(22)11(7)25-10/h2-3,23H,4-5H2,1H3,(H,19,21)(H,20,22)/t14-/m1/s1. The number of nitrogens with zero attached hydrogens (tertiary/aromatic N) is 1. The van der Waals surface area contributed by atoms with Crippen LogP contribution in [-0.4, -0.2) is 33.1 Å². The summed E-state index contributed by atoms with van der Waals surface area (Å²) in [5.41, 5.74) is -2.77. The van der Waals surface area contributed by atoms with Gasteiger partial charge in [0.25, 0.3) is 5.56 Å². The highest BCUT2D eigenvalue weighted by molar-refractivity contribution is 7.22. The van der Waals surface area contributed by atoms with Crippen LogP contribution in [0.3, 0.4) is 0 Å². The first kappa shape index (κ1) is 16.3. The van der Waals surface area contributed by atoms with Gasteiger partial charge in [-0.3, -0.25) is 9.89 Å². The molecule has 1 aliphatic rings. The molecule has 0 amide bonds. The van der Waals surface area contributed by atoms with Gasteiger partial charge in [0.1, 0.15) is 4.70 Å². The Labute approximate surface area is 142 Å². The van der Waals surface area contributed by atoms with E-state index in [-0.39, 0.29) is 16.9 Å². The molecule has 0 bridgehead atoms. The second-order valence-corrected chi connectivity index (χ2v) is 6.97. The number of hydrogen-bond acceptors (Lipinski definition) is 5. The fourth-order valence-electron chi connectivity index (χ4n) is 3.00. The molecule has 132 valence electrons. The fraction of sp³-hybridized carbons (Fsp3) is 0.333. The Balaban J connectivity index is 2.01. The Morgan fingerprint density at radius 3 is 2.84 bits per heavy atom. The number of thiophene rings is 1. The zero-order chi connectivity index (χ0) is 18.0. The molecule has 0 saturated heterocycles. The molecule has 1 aliphatic heterocycles. The SMILES string of the molecule is Cc1[nH]ncc1-c1cc2c3c([nH]c(=O)c2s1)[C@@](O)(C(F)(F)F)COC3. The lowest BCUT2D eigenvalue weighted by Gasteiger charge is -2.35. The quantitative estimate of drug-likeness (QED) is 0.613. The van der Waals surface area contributed by atoms with Gasteiger partial charge in [0.2, 0.25) is 5.60 Å². The Bertz CT molecular complexity index is 1040. The second-order valence-electron chi connectivity index (χ2n) is 5.92. The van der Waals surface area contributed by atoms with E-state index in [1.54, 1.807) is 19.2 Å². The number of hydrogen-bond donors (Lipinski definition) is 3. The molecule has 0 radical (unpaired) electrons. The minimum atomic E-state index is -4.97. The van der Waals surface area contributed by atoms with Crippen molar-refractivity contribution in [1.29, 1.82) is 0 Å². The van der Waals surface area contributed by atoms with Gasteiger partial charge in [-0.15, -0.1) is 11.3 Å². The van der Waals surface area contributed by atoms with Crippen molar-refractivity contribution < 1.29 is 23.0 Å². The summed E-state index contributed by atoms with van der Waals surface area (Å²) >= 11 is 1.15. The van der Waals surface area contributed by atoms with E-state index in [0.29, 0.717) is 10.3 Å². The first-order valence-electron chi connectivity index (χ1n) is 7.29. The number of fused-ring (bicyclic) bond motifs is 3. The molecule has 0 unspecified atom stereocenters. The number of halogens is 3. The van der Waals surface area contributed by atoms with Crippen LogP contribution < -0.4 is 5.56 Å². The number of alkyl halides is 3. The predicted molar refractivity (Wildman–Crippen MR) is 84.4 cm³/mol. The number of ether oxygens (including phenoxy) is 1. The molecule has 6 nitrogen and oxygen atoms in total. The molecular weight excluding hydrogens is 359 g/mol. The summed E-state index contributed by atoms with van der Waals surface area (Å²) in [5.74, 6) is 0. The molecule has 3 aromatic heterocycles. The first-order chi connectivity index (χ1) is 11.7. The number of aromatic nitrogens is 3. The number of aromatic amines is 2. The van der Waals surface area contributed by atoms with E-state index in [9.17, 15) is 23.1 Å². The third kappa shape index (κ3) is 2.25. The highest BCUT2D eigenvalue weighted by Crippen LogP contribution is 2.44. The van der Waals surface area contributed by atoms with Crippen LogP contribution in [-0.2, 0) is 16.9 Å². The van der Waals surface area contributed by atoms with E-state index in [1.165, 1.54) is 0 Å². The highest BCUT2D eigenvalue weighted by atomic mass is 32.1. The smallest absolute Gasteiger partial charge is 0.373 e. The summed E-state index contributed by atoms with van der Waals surface area (Å²) in [7, 11) is 0. The van der Waals surface area contributed by atoms with Gasteiger partial charge in [-0.25, -0.2) is 0 Å². The van der Waals surface area contributed by atoms with Crippen LogP contribution in [0.15, 0.2) is 17.1 Å². The molecule has 4 heterocycles. The van der Waals surface area contributed by atoms with Crippen molar-refractivity contribution in [2.45, 2.75) is 25.3 Å². The summed E-state index contributed by atoms with van der Waals surface area (Å²) in [6.07, 6.45) is -3.39. The van der Waals surface area contributed by atoms with Gasteiger partial charge < -0.3 is 14.8 Å². The van der Waals surface area contributed by atoms with Gasteiger partial charge in [0, 0.05) is 27.1 Å². The van der Waals surface area contributed by atoms with Crippen LogP contribution in [0.2, 0.25) is 0 Å². The molecule has 0 aromatic carbocycles. The molecule has 10 heteroatoms. The Hall–Kier alpha value is -2.17. The lowest BCUT2D eigenvalue weighted by molar-refractivity contribution is -0.289. The van der Waals surface area contributed by atoms with Gasteiger partial charge in [-0.1, -0.05) is 0 Å². The number of aryl methyl sites for hydroxylation is 1. The van der Waals surface area contributed by atoms with Crippen molar-refractivity contribution in [1.82, 2.24) is 15.2 Å². The van der Waals surface area contributed by atoms with Crippen molar-refractivity contribution in [2.75, 3.05) is 6.61 Å². The average molecular weight is 371 g/mol. The van der Waals surface area contributed by atoms with Crippen molar-refractivity contribution in [3.63, 3.8) is 0 Å². The first-order valence-corrected chi connectivity index (χ1v) is 8.10. The van der Waals surface area contributed by atoms with Gasteiger partial charge in [-0.2, -0.15) is 18.3 Å². The van der Waals surface area contributed by atoms with Gasteiger partial charge in [-0.05, 0) is 13.0 Å². The maximum Gasteiger partial charge on any atom is 0.425 e. The van der Waals surface area contributed by atoms with E-state index >= 15 is 0 Å². The zero-order valence-electron chi connectivity index (χ0n) is 12.8. The van der Waals surface area contributed by atoms with Crippen LogP contribution in [0.1, 0.15) is 17.0 Å². The summed E-state index contributed by atoms with van der Waals surface area (Å²) in [5, 5.41) is 17.2. The largest absolute Gasteiger partial charge is 0.425 e. The van der Waals surface area contributed by atoms with Gasteiger partial charge in [0.15, 0.2) is 0 Å². The Morgan fingerprint density at radius 1 is 1.44 bits per heavy atom. The van der Waals surface area contributed by atoms with Crippen molar-refractivity contribution >= 4 is 21.4 Å². The molecule has 0 fully saturated rings. The summed E-state index contributed by atoms with van der Waals surface area (Å²) in [4.78, 5) is 15.3. The molecule has 0 saturated carbocycles. The lowest BCUT2D eigenvalue weighted by Crippen LogP contribution is -2.50. The molecule has 0 aliphatic carbocycles. The van der Waals surface area contributed by atoms with E-state index in [1.807, 2.05) is 0 Å². The van der Waals surface area contributed by atoms with E-state index in [4.69, 9.17) is 4.74 Å². The van der Waals surface area contributed by atoms with Crippen molar-refractivity contribution in [3.8, 4) is 10.4 Å². The summed E-state index contributed by atoms with van der Waals surface area (Å²) in [6.45, 7) is 0.724. The molecule has 1 atom stereocenters. The third-order valence-corrected chi connectivity index (χ3v) is 5.51. The van der Waals surface area contributed by atoms with Crippen LogP contribution >= 0.6 is 11.3 Å². The molecular formula is C15H12F3N3O3S. The summed E-state index contributed by atoms with van der Waals surface area (Å²) in [6, 6.07) is 1.64. The number of nitrogens with one attached hydrogen (secondary N) is 2.